The van der Waals surface area contributed by atoms with E-state index < -0.39 is 0 Å². The van der Waals surface area contributed by atoms with Crippen LogP contribution in [0.5, 0.6) is 11.5 Å². The monoisotopic (exact) mass is 357 g/mol. The summed E-state index contributed by atoms with van der Waals surface area (Å²) in [5.41, 5.74) is 4.76. The Hall–Kier alpha value is -2.00. The predicted octanol–water partition coefficient (Wildman–Crippen LogP) is 5.32. The van der Waals surface area contributed by atoms with Gasteiger partial charge in [-0.3, -0.25) is 4.99 Å². The van der Waals surface area contributed by atoms with Gasteiger partial charge in [-0.05, 0) is 60.6 Å². The van der Waals surface area contributed by atoms with Crippen LogP contribution in [0.4, 0.5) is 0 Å². The lowest BCUT2D eigenvalue weighted by Crippen LogP contribution is -2.06. The molecule has 0 aliphatic heterocycles. The topological polar surface area (TPSA) is 30.8 Å². The number of fused-ring (bicyclic) bond motifs is 1. The molecule has 0 saturated carbocycles. The van der Waals surface area contributed by atoms with Crippen molar-refractivity contribution in [1.29, 1.82) is 0 Å². The zero-order valence-corrected chi connectivity index (χ0v) is 15.8. The Morgan fingerprint density at radius 2 is 1.96 bits per heavy atom. The van der Waals surface area contributed by atoms with E-state index in [-0.39, 0.29) is 0 Å². The average molecular weight is 358 g/mol. The highest BCUT2D eigenvalue weighted by molar-refractivity contribution is 6.30. The van der Waals surface area contributed by atoms with Gasteiger partial charge in [0.2, 0.25) is 0 Å². The minimum atomic E-state index is 0.595. The number of benzene rings is 2. The first-order chi connectivity index (χ1) is 12.1. The van der Waals surface area contributed by atoms with E-state index in [1.165, 1.54) is 11.1 Å². The van der Waals surface area contributed by atoms with Crippen LogP contribution in [-0.2, 0) is 13.0 Å². The van der Waals surface area contributed by atoms with Crippen LogP contribution in [0.1, 0.15) is 36.5 Å². The molecule has 0 spiro atoms. The number of hydrogen-bond acceptors (Lipinski definition) is 3. The molecule has 0 saturated heterocycles. The second-order valence-corrected chi connectivity index (χ2v) is 7.03. The lowest BCUT2D eigenvalue weighted by Gasteiger charge is -2.12. The lowest BCUT2D eigenvalue weighted by molar-refractivity contribution is 0.391. The molecule has 132 valence electrons. The van der Waals surface area contributed by atoms with Crippen molar-refractivity contribution in [2.24, 2.45) is 10.9 Å². The summed E-state index contributed by atoms with van der Waals surface area (Å²) < 4.78 is 10.8. The van der Waals surface area contributed by atoms with Crippen LogP contribution in [0.15, 0.2) is 41.4 Å². The highest BCUT2D eigenvalue weighted by atomic mass is 35.5. The van der Waals surface area contributed by atoms with Crippen molar-refractivity contribution < 1.29 is 9.47 Å². The average Bonchev–Trinajstić information content (AvgIpc) is 2.78. The predicted molar refractivity (Wildman–Crippen MR) is 103 cm³/mol. The zero-order chi connectivity index (χ0) is 17.8. The maximum atomic E-state index is 6.19. The first-order valence-corrected chi connectivity index (χ1v) is 9.01. The maximum Gasteiger partial charge on any atom is 0.127 e. The molecule has 25 heavy (non-hydrogen) atoms. The van der Waals surface area contributed by atoms with Crippen molar-refractivity contribution in [3.05, 3.63) is 58.1 Å². The standard InChI is InChI=1S/C21H24ClNO2/c1-14-4-5-15-11-17(22)7-9-19(15)20(10-14)23-13-16-6-8-18(24-2)12-21(16)25-3/h6-9,11-12,14H,4-5,10,13H2,1-3H3/b23-20-. The number of halogens is 1. The molecule has 0 heterocycles. The van der Waals surface area contributed by atoms with Gasteiger partial charge < -0.3 is 9.47 Å². The summed E-state index contributed by atoms with van der Waals surface area (Å²) in [6.07, 6.45) is 3.22. The number of aryl methyl sites for hydroxylation is 1. The Morgan fingerprint density at radius 1 is 1.12 bits per heavy atom. The van der Waals surface area contributed by atoms with Gasteiger partial charge in [0.25, 0.3) is 0 Å². The molecule has 0 aromatic heterocycles. The highest BCUT2D eigenvalue weighted by Crippen LogP contribution is 2.29. The number of aliphatic imine (C=N–C) groups is 1. The number of rotatable bonds is 4. The van der Waals surface area contributed by atoms with E-state index in [0.29, 0.717) is 12.5 Å². The summed E-state index contributed by atoms with van der Waals surface area (Å²) in [4.78, 5) is 4.95. The van der Waals surface area contributed by atoms with E-state index in [2.05, 4.69) is 19.1 Å². The molecule has 0 bridgehead atoms. The smallest absolute Gasteiger partial charge is 0.127 e. The van der Waals surface area contributed by atoms with Crippen LogP contribution < -0.4 is 9.47 Å². The van der Waals surface area contributed by atoms with Crippen LogP contribution in [0.2, 0.25) is 5.02 Å². The molecule has 4 heteroatoms. The Labute approximate surface area is 154 Å². The first-order valence-electron chi connectivity index (χ1n) is 8.63. The normalized spacial score (nSPS) is 18.6. The van der Waals surface area contributed by atoms with Crippen LogP contribution >= 0.6 is 11.6 Å². The molecular formula is C21H24ClNO2. The Morgan fingerprint density at radius 3 is 2.72 bits per heavy atom. The van der Waals surface area contributed by atoms with Gasteiger partial charge in [-0.2, -0.15) is 0 Å². The van der Waals surface area contributed by atoms with Gasteiger partial charge >= 0.3 is 0 Å². The molecule has 0 amide bonds. The molecule has 3 rings (SSSR count). The lowest BCUT2D eigenvalue weighted by atomic mass is 10.00. The van der Waals surface area contributed by atoms with Gasteiger partial charge in [0.15, 0.2) is 0 Å². The molecule has 1 unspecified atom stereocenters. The van der Waals surface area contributed by atoms with Crippen molar-refractivity contribution in [2.45, 2.75) is 32.7 Å². The van der Waals surface area contributed by atoms with Crippen molar-refractivity contribution in [3.8, 4) is 11.5 Å². The van der Waals surface area contributed by atoms with Crippen molar-refractivity contribution in [1.82, 2.24) is 0 Å². The second kappa shape index (κ2) is 7.92. The highest BCUT2D eigenvalue weighted by Gasteiger charge is 2.18. The number of methoxy groups -OCH3 is 2. The summed E-state index contributed by atoms with van der Waals surface area (Å²) in [6, 6.07) is 12.0. The van der Waals surface area contributed by atoms with Gasteiger partial charge in [0.05, 0.1) is 20.8 Å². The Balaban J connectivity index is 1.92. The minimum Gasteiger partial charge on any atom is -0.497 e. The largest absolute Gasteiger partial charge is 0.497 e. The number of ether oxygens (including phenoxy) is 2. The van der Waals surface area contributed by atoms with Crippen molar-refractivity contribution in [3.63, 3.8) is 0 Å². The van der Waals surface area contributed by atoms with Crippen LogP contribution in [0.25, 0.3) is 0 Å². The van der Waals surface area contributed by atoms with Gasteiger partial charge in [-0.1, -0.05) is 24.6 Å². The van der Waals surface area contributed by atoms with Gasteiger partial charge in [0.1, 0.15) is 11.5 Å². The fourth-order valence-corrected chi connectivity index (χ4v) is 3.50. The molecular weight excluding hydrogens is 334 g/mol. The van der Waals surface area contributed by atoms with Gasteiger partial charge in [-0.15, -0.1) is 0 Å². The summed E-state index contributed by atoms with van der Waals surface area (Å²) in [6.45, 7) is 2.88. The van der Waals surface area contributed by atoms with E-state index >= 15 is 0 Å². The zero-order valence-electron chi connectivity index (χ0n) is 15.0. The molecule has 1 atom stereocenters. The van der Waals surface area contributed by atoms with E-state index in [9.17, 15) is 0 Å². The summed E-state index contributed by atoms with van der Waals surface area (Å²) in [5, 5.41) is 0.796. The molecule has 2 aromatic carbocycles. The molecule has 0 fully saturated rings. The van der Waals surface area contributed by atoms with Crippen LogP contribution in [-0.4, -0.2) is 19.9 Å². The van der Waals surface area contributed by atoms with E-state index in [1.807, 2.05) is 24.3 Å². The SMILES string of the molecule is COc1ccc(C/N=C2/CC(C)CCc3cc(Cl)ccc32)c(OC)c1. The first kappa shape index (κ1) is 17.8. The second-order valence-electron chi connectivity index (χ2n) is 6.59. The maximum absolute atomic E-state index is 6.19. The van der Waals surface area contributed by atoms with E-state index in [4.69, 9.17) is 26.1 Å². The third kappa shape index (κ3) is 4.16. The number of nitrogens with zero attached hydrogens (tertiary/aromatic N) is 1. The number of hydrogen-bond donors (Lipinski definition) is 0. The van der Waals surface area contributed by atoms with E-state index in [1.54, 1.807) is 14.2 Å². The third-order valence-electron chi connectivity index (χ3n) is 4.76. The van der Waals surface area contributed by atoms with Crippen LogP contribution in [0.3, 0.4) is 0 Å². The summed E-state index contributed by atoms with van der Waals surface area (Å²) in [5.74, 6) is 2.21. The third-order valence-corrected chi connectivity index (χ3v) is 5.00. The molecule has 1 aliphatic rings. The van der Waals surface area contributed by atoms with Crippen LogP contribution in [0, 0.1) is 5.92 Å². The fraction of sp³-hybridized carbons (Fsp3) is 0.381. The van der Waals surface area contributed by atoms with Crippen molar-refractivity contribution >= 4 is 17.3 Å². The van der Waals surface area contributed by atoms with Gasteiger partial charge in [0, 0.05) is 22.4 Å². The minimum absolute atomic E-state index is 0.595. The van der Waals surface area contributed by atoms with E-state index in [0.717, 1.165) is 47.1 Å². The van der Waals surface area contributed by atoms with Gasteiger partial charge in [-0.25, -0.2) is 0 Å². The Kier molecular flexibility index (Phi) is 5.64. The molecule has 0 N–H and O–H groups in total. The summed E-state index contributed by atoms with van der Waals surface area (Å²) in [7, 11) is 3.33. The molecule has 2 aromatic rings. The molecule has 0 radical (unpaired) electrons. The van der Waals surface area contributed by atoms with Crippen molar-refractivity contribution in [2.75, 3.05) is 14.2 Å². The molecule has 1 aliphatic carbocycles. The molecule has 3 nitrogen and oxygen atoms in total. The fourth-order valence-electron chi connectivity index (χ4n) is 3.31. The Bertz CT molecular complexity index is 785. The quantitative estimate of drug-likeness (QED) is 0.693. The summed E-state index contributed by atoms with van der Waals surface area (Å²) >= 11 is 6.19.